The lowest BCUT2D eigenvalue weighted by molar-refractivity contribution is 0.0940. The van der Waals surface area contributed by atoms with E-state index in [1.807, 2.05) is 6.07 Å². The molecule has 4 heteroatoms. The molecule has 0 radical (unpaired) electrons. The third-order valence-corrected chi connectivity index (χ3v) is 3.58. The van der Waals surface area contributed by atoms with E-state index in [0.717, 1.165) is 13.1 Å². The van der Waals surface area contributed by atoms with Crippen LogP contribution in [0.4, 0.5) is 0 Å². The summed E-state index contributed by atoms with van der Waals surface area (Å²) in [6.45, 7) is 5.04. The van der Waals surface area contributed by atoms with Crippen LogP contribution in [0.15, 0.2) is 24.3 Å². The van der Waals surface area contributed by atoms with Crippen LogP contribution in [0, 0.1) is 11.3 Å². The van der Waals surface area contributed by atoms with Crippen molar-refractivity contribution in [3.63, 3.8) is 0 Å². The van der Waals surface area contributed by atoms with Crippen LogP contribution in [-0.4, -0.2) is 36.5 Å². The van der Waals surface area contributed by atoms with Crippen molar-refractivity contribution in [3.05, 3.63) is 35.4 Å². The van der Waals surface area contributed by atoms with Crippen LogP contribution in [0.3, 0.4) is 0 Å². The minimum absolute atomic E-state index is 0.108. The lowest BCUT2D eigenvalue weighted by atomic mass is 10.1. The fourth-order valence-electron chi connectivity index (χ4n) is 2.38. The first-order valence-corrected chi connectivity index (χ1v) is 6.73. The van der Waals surface area contributed by atoms with E-state index in [1.54, 1.807) is 24.3 Å². The Labute approximate surface area is 114 Å². The van der Waals surface area contributed by atoms with Gasteiger partial charge in [-0.05, 0) is 51.1 Å². The van der Waals surface area contributed by atoms with Crippen molar-refractivity contribution in [3.8, 4) is 6.07 Å². The van der Waals surface area contributed by atoms with Gasteiger partial charge in [0, 0.05) is 18.2 Å². The van der Waals surface area contributed by atoms with Crippen LogP contribution < -0.4 is 5.32 Å². The zero-order valence-electron chi connectivity index (χ0n) is 11.2. The molecule has 1 aromatic rings. The third-order valence-electron chi connectivity index (χ3n) is 3.58. The van der Waals surface area contributed by atoms with Crippen LogP contribution in [-0.2, 0) is 0 Å². The van der Waals surface area contributed by atoms with Gasteiger partial charge in [0.25, 0.3) is 5.91 Å². The molecule has 0 spiro atoms. The van der Waals surface area contributed by atoms with Crippen molar-refractivity contribution >= 4 is 5.91 Å². The molecule has 19 heavy (non-hydrogen) atoms. The molecule has 1 aliphatic heterocycles. The van der Waals surface area contributed by atoms with E-state index in [0.29, 0.717) is 23.7 Å². The summed E-state index contributed by atoms with van der Waals surface area (Å²) < 4.78 is 0. The van der Waals surface area contributed by atoms with Crippen molar-refractivity contribution in [2.75, 3.05) is 19.6 Å². The summed E-state index contributed by atoms with van der Waals surface area (Å²) in [5.74, 6) is -0.108. The molecule has 4 nitrogen and oxygen atoms in total. The largest absolute Gasteiger partial charge is 0.350 e. The smallest absolute Gasteiger partial charge is 0.251 e. The number of hydrogen-bond donors (Lipinski definition) is 1. The first-order valence-electron chi connectivity index (χ1n) is 6.73. The fourth-order valence-corrected chi connectivity index (χ4v) is 2.38. The quantitative estimate of drug-likeness (QED) is 0.894. The van der Waals surface area contributed by atoms with E-state index in [-0.39, 0.29) is 5.91 Å². The molecule has 1 fully saturated rings. The van der Waals surface area contributed by atoms with E-state index in [1.165, 1.54) is 12.8 Å². The maximum absolute atomic E-state index is 12.0. The summed E-state index contributed by atoms with van der Waals surface area (Å²) in [5.41, 5.74) is 1.06. The average molecular weight is 257 g/mol. The molecule has 0 saturated carbocycles. The summed E-state index contributed by atoms with van der Waals surface area (Å²) in [7, 11) is 0. The Morgan fingerprint density at radius 2 is 2.21 bits per heavy atom. The number of carbonyl (C=O) groups excluding carboxylic acids is 1. The van der Waals surface area contributed by atoms with Crippen LogP contribution in [0.25, 0.3) is 0 Å². The van der Waals surface area contributed by atoms with Gasteiger partial charge in [0.15, 0.2) is 0 Å². The molecule has 0 bridgehead atoms. The van der Waals surface area contributed by atoms with E-state index < -0.39 is 0 Å². The second-order valence-corrected chi connectivity index (χ2v) is 4.99. The summed E-state index contributed by atoms with van der Waals surface area (Å²) in [6, 6.07) is 9.20. The molecular weight excluding hydrogens is 238 g/mol. The van der Waals surface area contributed by atoms with Gasteiger partial charge in [0.2, 0.25) is 0 Å². The highest BCUT2D eigenvalue weighted by Crippen LogP contribution is 2.11. The summed E-state index contributed by atoms with van der Waals surface area (Å²) in [6.07, 6.45) is 2.50. The molecule has 1 aliphatic rings. The van der Waals surface area contributed by atoms with Gasteiger partial charge in [-0.2, -0.15) is 5.26 Å². The molecule has 1 atom stereocenters. The van der Waals surface area contributed by atoms with Crippen LogP contribution in [0.2, 0.25) is 0 Å². The third kappa shape index (κ3) is 3.55. The molecule has 1 saturated heterocycles. The number of nitrogens with zero attached hydrogens (tertiary/aromatic N) is 2. The fraction of sp³-hybridized carbons (Fsp3) is 0.467. The second-order valence-electron chi connectivity index (χ2n) is 4.99. The minimum atomic E-state index is -0.108. The monoisotopic (exact) mass is 257 g/mol. The first kappa shape index (κ1) is 13.6. The van der Waals surface area contributed by atoms with Gasteiger partial charge in [-0.25, -0.2) is 0 Å². The molecule has 1 N–H and O–H groups in total. The van der Waals surface area contributed by atoms with Gasteiger partial charge in [-0.15, -0.1) is 0 Å². The Bertz CT molecular complexity index is 486. The minimum Gasteiger partial charge on any atom is -0.350 e. The molecule has 0 aromatic heterocycles. The number of carbonyl (C=O) groups is 1. The van der Waals surface area contributed by atoms with Crippen LogP contribution in [0.1, 0.15) is 35.7 Å². The zero-order valence-corrected chi connectivity index (χ0v) is 11.2. The Morgan fingerprint density at radius 1 is 1.47 bits per heavy atom. The maximum Gasteiger partial charge on any atom is 0.251 e. The highest BCUT2D eigenvalue weighted by Gasteiger charge is 2.18. The molecule has 1 heterocycles. The molecule has 1 unspecified atom stereocenters. The summed E-state index contributed by atoms with van der Waals surface area (Å²) in [4.78, 5) is 14.4. The van der Waals surface area contributed by atoms with Crippen LogP contribution >= 0.6 is 0 Å². The van der Waals surface area contributed by atoms with Crippen molar-refractivity contribution in [2.45, 2.75) is 25.8 Å². The van der Waals surface area contributed by atoms with Crippen molar-refractivity contribution in [2.24, 2.45) is 0 Å². The van der Waals surface area contributed by atoms with Gasteiger partial charge in [-0.1, -0.05) is 6.07 Å². The molecule has 2 rings (SSSR count). The lowest BCUT2D eigenvalue weighted by Crippen LogP contribution is -2.40. The summed E-state index contributed by atoms with van der Waals surface area (Å²) >= 11 is 0. The second kappa shape index (κ2) is 6.35. The molecule has 100 valence electrons. The van der Waals surface area contributed by atoms with Crippen molar-refractivity contribution in [1.29, 1.82) is 5.26 Å². The van der Waals surface area contributed by atoms with E-state index in [2.05, 4.69) is 17.1 Å². The number of amides is 1. The van der Waals surface area contributed by atoms with Gasteiger partial charge in [-0.3, -0.25) is 9.69 Å². The number of benzene rings is 1. The molecule has 1 amide bonds. The number of hydrogen-bond acceptors (Lipinski definition) is 3. The van der Waals surface area contributed by atoms with Gasteiger partial charge >= 0.3 is 0 Å². The van der Waals surface area contributed by atoms with Gasteiger partial charge in [0.1, 0.15) is 0 Å². The Balaban J connectivity index is 1.88. The maximum atomic E-state index is 12.0. The SMILES string of the molecule is CC(CNC(=O)c1cccc(C#N)c1)N1CCCC1. The number of rotatable bonds is 4. The molecule has 0 aliphatic carbocycles. The van der Waals surface area contributed by atoms with Gasteiger partial charge < -0.3 is 5.32 Å². The first-order chi connectivity index (χ1) is 9.20. The predicted octanol–water partition coefficient (Wildman–Crippen LogP) is 1.77. The Morgan fingerprint density at radius 3 is 2.89 bits per heavy atom. The van der Waals surface area contributed by atoms with E-state index >= 15 is 0 Å². The Kier molecular flexibility index (Phi) is 4.53. The van der Waals surface area contributed by atoms with Crippen molar-refractivity contribution < 1.29 is 4.79 Å². The summed E-state index contributed by atoms with van der Waals surface area (Å²) in [5, 5.41) is 11.8. The number of likely N-dealkylation sites (tertiary alicyclic amines) is 1. The lowest BCUT2D eigenvalue weighted by Gasteiger charge is -2.23. The van der Waals surface area contributed by atoms with Gasteiger partial charge in [0.05, 0.1) is 11.6 Å². The van der Waals surface area contributed by atoms with Crippen molar-refractivity contribution in [1.82, 2.24) is 10.2 Å². The average Bonchev–Trinajstić information content (AvgIpc) is 2.98. The van der Waals surface area contributed by atoms with E-state index in [9.17, 15) is 4.79 Å². The zero-order chi connectivity index (χ0) is 13.7. The predicted molar refractivity (Wildman–Crippen MR) is 73.8 cm³/mol. The highest BCUT2D eigenvalue weighted by molar-refractivity contribution is 5.94. The normalized spacial score (nSPS) is 16.8. The highest BCUT2D eigenvalue weighted by atomic mass is 16.1. The molecule has 1 aromatic carbocycles. The van der Waals surface area contributed by atoms with E-state index in [4.69, 9.17) is 5.26 Å². The number of nitrogens with one attached hydrogen (secondary N) is 1. The topological polar surface area (TPSA) is 56.1 Å². The Hall–Kier alpha value is -1.86. The standard InChI is InChI=1S/C15H19N3O/c1-12(18-7-2-3-8-18)11-17-15(19)14-6-4-5-13(9-14)10-16/h4-6,9,12H,2-3,7-8,11H2,1H3,(H,17,19). The molecular formula is C15H19N3O. The van der Waals surface area contributed by atoms with Crippen LogP contribution in [0.5, 0.6) is 0 Å². The number of nitriles is 1.